The van der Waals surface area contributed by atoms with Crippen LogP contribution in [0.5, 0.6) is 0 Å². The molecular formula is C13H12O4. The zero-order valence-electron chi connectivity index (χ0n) is 9.56. The third kappa shape index (κ3) is 2.06. The highest BCUT2D eigenvalue weighted by molar-refractivity contribution is 5.91. The molecule has 0 radical (unpaired) electrons. The molecule has 2 aromatic rings. The van der Waals surface area contributed by atoms with E-state index in [1.807, 2.05) is 19.9 Å². The van der Waals surface area contributed by atoms with Gasteiger partial charge in [0.15, 0.2) is 0 Å². The predicted molar refractivity (Wildman–Crippen MR) is 63.5 cm³/mol. The monoisotopic (exact) mass is 232 g/mol. The second-order valence-corrected chi connectivity index (χ2v) is 4.20. The highest BCUT2D eigenvalue weighted by atomic mass is 16.4. The molecule has 0 saturated carbocycles. The van der Waals surface area contributed by atoms with E-state index in [4.69, 9.17) is 9.52 Å². The first-order valence-electron chi connectivity index (χ1n) is 5.30. The first-order chi connectivity index (χ1) is 7.99. The molecule has 2 rings (SSSR count). The van der Waals surface area contributed by atoms with E-state index < -0.39 is 11.6 Å². The SMILES string of the molecule is CC(C)c1ccc2cc(C(=O)O)c(=O)oc2c1. The number of benzene rings is 1. The van der Waals surface area contributed by atoms with Crippen LogP contribution in [0.2, 0.25) is 0 Å². The molecule has 1 heterocycles. The van der Waals surface area contributed by atoms with Crippen LogP contribution < -0.4 is 5.63 Å². The van der Waals surface area contributed by atoms with Gasteiger partial charge >= 0.3 is 11.6 Å². The molecule has 0 atom stereocenters. The van der Waals surface area contributed by atoms with Gasteiger partial charge < -0.3 is 9.52 Å². The summed E-state index contributed by atoms with van der Waals surface area (Å²) in [5.74, 6) is -0.947. The Kier molecular flexibility index (Phi) is 2.71. The van der Waals surface area contributed by atoms with Crippen molar-refractivity contribution in [3.8, 4) is 0 Å². The normalized spacial score (nSPS) is 11.0. The van der Waals surface area contributed by atoms with Gasteiger partial charge in [0.1, 0.15) is 11.1 Å². The molecule has 0 spiro atoms. The molecule has 0 aliphatic rings. The van der Waals surface area contributed by atoms with Gasteiger partial charge in [-0.05, 0) is 23.6 Å². The van der Waals surface area contributed by atoms with Gasteiger partial charge in [-0.3, -0.25) is 0 Å². The van der Waals surface area contributed by atoms with Crippen LogP contribution >= 0.6 is 0 Å². The van der Waals surface area contributed by atoms with Crippen LogP contribution in [-0.2, 0) is 0 Å². The summed E-state index contributed by atoms with van der Waals surface area (Å²) >= 11 is 0. The number of aromatic carboxylic acids is 1. The summed E-state index contributed by atoms with van der Waals surface area (Å²) in [5, 5.41) is 9.42. The molecule has 4 heteroatoms. The molecule has 0 unspecified atom stereocenters. The number of fused-ring (bicyclic) bond motifs is 1. The van der Waals surface area contributed by atoms with E-state index in [1.165, 1.54) is 6.07 Å². The molecule has 0 aliphatic heterocycles. The fourth-order valence-corrected chi connectivity index (χ4v) is 1.64. The topological polar surface area (TPSA) is 67.5 Å². The first kappa shape index (κ1) is 11.4. The van der Waals surface area contributed by atoms with Gasteiger partial charge in [-0.25, -0.2) is 9.59 Å². The average molecular weight is 232 g/mol. The molecule has 1 N–H and O–H groups in total. The molecule has 1 aromatic carbocycles. The van der Waals surface area contributed by atoms with Gasteiger partial charge in [0.2, 0.25) is 0 Å². The van der Waals surface area contributed by atoms with Gasteiger partial charge in [-0.2, -0.15) is 0 Å². The Balaban J connectivity index is 2.70. The number of carboxylic acid groups (broad SMARTS) is 1. The molecule has 17 heavy (non-hydrogen) atoms. The van der Waals surface area contributed by atoms with Gasteiger partial charge in [0.25, 0.3) is 0 Å². The molecule has 0 saturated heterocycles. The van der Waals surface area contributed by atoms with Crippen molar-refractivity contribution in [3.05, 3.63) is 45.8 Å². The van der Waals surface area contributed by atoms with Crippen molar-refractivity contribution in [2.45, 2.75) is 19.8 Å². The lowest BCUT2D eigenvalue weighted by Gasteiger charge is -2.06. The molecule has 0 aliphatic carbocycles. The summed E-state index contributed by atoms with van der Waals surface area (Å²) in [6.45, 7) is 4.07. The van der Waals surface area contributed by atoms with Crippen molar-refractivity contribution in [1.82, 2.24) is 0 Å². The highest BCUT2D eigenvalue weighted by Gasteiger charge is 2.12. The van der Waals surface area contributed by atoms with Crippen molar-refractivity contribution < 1.29 is 14.3 Å². The van der Waals surface area contributed by atoms with E-state index in [0.717, 1.165) is 5.56 Å². The molecule has 0 amide bonds. The van der Waals surface area contributed by atoms with Gasteiger partial charge in [0.05, 0.1) is 0 Å². The van der Waals surface area contributed by atoms with Crippen molar-refractivity contribution in [3.63, 3.8) is 0 Å². The molecule has 4 nitrogen and oxygen atoms in total. The molecular weight excluding hydrogens is 220 g/mol. The maximum Gasteiger partial charge on any atom is 0.351 e. The minimum atomic E-state index is -1.27. The zero-order valence-corrected chi connectivity index (χ0v) is 9.56. The standard InChI is InChI=1S/C13H12O4/c1-7(2)8-3-4-9-5-10(12(14)15)13(16)17-11(9)6-8/h3-7H,1-2H3,(H,14,15). The lowest BCUT2D eigenvalue weighted by molar-refractivity contribution is 0.0692. The first-order valence-corrected chi connectivity index (χ1v) is 5.30. The summed E-state index contributed by atoms with van der Waals surface area (Å²) in [5.41, 5.74) is 0.315. The molecule has 0 fully saturated rings. The minimum Gasteiger partial charge on any atom is -0.477 e. The molecule has 0 bridgehead atoms. The van der Waals surface area contributed by atoms with Crippen LogP contribution in [-0.4, -0.2) is 11.1 Å². The van der Waals surface area contributed by atoms with Crippen LogP contribution in [0.15, 0.2) is 33.5 Å². The third-order valence-electron chi connectivity index (χ3n) is 2.66. The maximum absolute atomic E-state index is 11.4. The Bertz CT molecular complexity index is 637. The number of hydrogen-bond acceptors (Lipinski definition) is 3. The van der Waals surface area contributed by atoms with E-state index in [1.54, 1.807) is 12.1 Å². The summed E-state index contributed by atoms with van der Waals surface area (Å²) in [4.78, 5) is 22.2. The van der Waals surface area contributed by atoms with Crippen LogP contribution in [0.1, 0.15) is 35.7 Å². The predicted octanol–water partition coefficient (Wildman–Crippen LogP) is 2.61. The second kappa shape index (κ2) is 4.05. The maximum atomic E-state index is 11.4. The van der Waals surface area contributed by atoms with Gasteiger partial charge in [-0.1, -0.05) is 26.0 Å². The third-order valence-corrected chi connectivity index (χ3v) is 2.66. The van der Waals surface area contributed by atoms with Crippen molar-refractivity contribution in [2.75, 3.05) is 0 Å². The highest BCUT2D eigenvalue weighted by Crippen LogP contribution is 2.20. The van der Waals surface area contributed by atoms with E-state index in [0.29, 0.717) is 16.9 Å². The van der Waals surface area contributed by atoms with Crippen LogP contribution in [0, 0.1) is 0 Å². The number of carbonyl (C=O) groups is 1. The summed E-state index contributed by atoms with van der Waals surface area (Å²) in [6, 6.07) is 6.78. The number of hydrogen-bond donors (Lipinski definition) is 1. The van der Waals surface area contributed by atoms with Gasteiger partial charge in [0, 0.05) is 5.39 Å². The van der Waals surface area contributed by atoms with E-state index >= 15 is 0 Å². The van der Waals surface area contributed by atoms with E-state index in [2.05, 4.69) is 0 Å². The van der Waals surface area contributed by atoms with Gasteiger partial charge in [-0.15, -0.1) is 0 Å². The summed E-state index contributed by atoms with van der Waals surface area (Å²) in [6.07, 6.45) is 0. The van der Waals surface area contributed by atoms with E-state index in [9.17, 15) is 9.59 Å². The van der Waals surface area contributed by atoms with Crippen molar-refractivity contribution in [1.29, 1.82) is 0 Å². The molecule has 88 valence electrons. The lowest BCUT2D eigenvalue weighted by Crippen LogP contribution is -2.12. The van der Waals surface area contributed by atoms with Crippen LogP contribution in [0.3, 0.4) is 0 Å². The number of rotatable bonds is 2. The lowest BCUT2D eigenvalue weighted by atomic mass is 10.0. The van der Waals surface area contributed by atoms with Crippen LogP contribution in [0.25, 0.3) is 11.0 Å². The fraction of sp³-hybridized carbons (Fsp3) is 0.231. The van der Waals surface area contributed by atoms with E-state index in [-0.39, 0.29) is 5.56 Å². The second-order valence-electron chi connectivity index (χ2n) is 4.20. The quantitative estimate of drug-likeness (QED) is 0.808. The fourth-order valence-electron chi connectivity index (χ4n) is 1.64. The average Bonchev–Trinajstić information content (AvgIpc) is 2.26. The molecule has 1 aromatic heterocycles. The summed E-state index contributed by atoms with van der Waals surface area (Å²) in [7, 11) is 0. The minimum absolute atomic E-state index is 0.323. The largest absolute Gasteiger partial charge is 0.477 e. The van der Waals surface area contributed by atoms with Crippen molar-refractivity contribution in [2.24, 2.45) is 0 Å². The Morgan fingerprint density at radius 3 is 2.59 bits per heavy atom. The Morgan fingerprint density at radius 1 is 1.29 bits per heavy atom. The number of carboxylic acids is 1. The summed E-state index contributed by atoms with van der Waals surface area (Å²) < 4.78 is 5.01. The van der Waals surface area contributed by atoms with Crippen molar-refractivity contribution >= 4 is 16.9 Å². The Hall–Kier alpha value is -2.10. The Labute approximate surface area is 97.5 Å². The van der Waals surface area contributed by atoms with Crippen LogP contribution in [0.4, 0.5) is 0 Å². The Morgan fingerprint density at radius 2 is 2.00 bits per heavy atom. The zero-order chi connectivity index (χ0) is 12.6. The smallest absolute Gasteiger partial charge is 0.351 e.